The Morgan fingerprint density at radius 2 is 1.89 bits per heavy atom. The molecule has 0 radical (unpaired) electrons. The molecule has 1 aliphatic rings. The molecule has 1 saturated heterocycles. The van der Waals surface area contributed by atoms with Gasteiger partial charge in [0.05, 0.1) is 12.5 Å². The fourth-order valence-electron chi connectivity index (χ4n) is 3.57. The first kappa shape index (κ1) is 19.1. The number of aliphatic hydroxyl groups excluding tert-OH is 1. The highest BCUT2D eigenvalue weighted by molar-refractivity contribution is 5.78. The molecule has 27 heavy (non-hydrogen) atoms. The van der Waals surface area contributed by atoms with Crippen molar-refractivity contribution >= 4 is 5.91 Å². The van der Waals surface area contributed by atoms with Crippen LogP contribution in [0.5, 0.6) is 0 Å². The number of hydrogen-bond acceptors (Lipinski definition) is 4. The average Bonchev–Trinajstić information content (AvgIpc) is 2.69. The summed E-state index contributed by atoms with van der Waals surface area (Å²) >= 11 is 0. The Morgan fingerprint density at radius 3 is 2.56 bits per heavy atom. The first-order valence-corrected chi connectivity index (χ1v) is 9.33. The molecular weight excluding hydrogens is 346 g/mol. The van der Waals surface area contributed by atoms with Gasteiger partial charge in [-0.2, -0.15) is 0 Å². The Bertz CT molecular complexity index is 867. The second-order valence-corrected chi connectivity index (χ2v) is 7.08. The van der Waals surface area contributed by atoms with Crippen molar-refractivity contribution in [1.82, 2.24) is 14.9 Å². The maximum absolute atomic E-state index is 12.4. The number of benzene rings is 1. The third-order valence-electron chi connectivity index (χ3n) is 5.25. The average molecular weight is 371 g/mol. The van der Waals surface area contributed by atoms with E-state index in [1.165, 1.54) is 11.8 Å². The molecule has 2 heterocycles. The lowest BCUT2D eigenvalue weighted by Gasteiger charge is -2.34. The van der Waals surface area contributed by atoms with E-state index in [0.717, 1.165) is 25.7 Å². The Labute approximate surface area is 157 Å². The zero-order chi connectivity index (χ0) is 19.2. The van der Waals surface area contributed by atoms with Gasteiger partial charge in [0.15, 0.2) is 0 Å². The summed E-state index contributed by atoms with van der Waals surface area (Å²) in [6, 6.07) is 10.1. The molecule has 0 aliphatic carbocycles. The van der Waals surface area contributed by atoms with Crippen molar-refractivity contribution in [2.24, 2.45) is 5.92 Å². The van der Waals surface area contributed by atoms with Crippen molar-refractivity contribution in [3.8, 4) is 0 Å². The van der Waals surface area contributed by atoms with Crippen LogP contribution in [-0.4, -0.2) is 45.1 Å². The molecule has 1 aliphatic heterocycles. The van der Waals surface area contributed by atoms with Gasteiger partial charge in [0.2, 0.25) is 5.91 Å². The zero-order valence-electron chi connectivity index (χ0n) is 15.2. The van der Waals surface area contributed by atoms with Crippen LogP contribution >= 0.6 is 0 Å². The van der Waals surface area contributed by atoms with Gasteiger partial charge in [-0.25, -0.2) is 4.79 Å². The van der Waals surface area contributed by atoms with E-state index in [4.69, 9.17) is 0 Å². The van der Waals surface area contributed by atoms with E-state index in [1.54, 1.807) is 4.90 Å². The first-order chi connectivity index (χ1) is 13.0. The number of likely N-dealkylation sites (tertiary alicyclic amines) is 1. The van der Waals surface area contributed by atoms with Crippen LogP contribution in [-0.2, 0) is 17.6 Å². The van der Waals surface area contributed by atoms with Crippen LogP contribution in [0.4, 0.5) is 0 Å². The lowest BCUT2D eigenvalue weighted by atomic mass is 9.88. The summed E-state index contributed by atoms with van der Waals surface area (Å²) in [4.78, 5) is 41.4. The lowest BCUT2D eigenvalue weighted by molar-refractivity contribution is -0.132. The van der Waals surface area contributed by atoms with Crippen molar-refractivity contribution in [1.29, 1.82) is 0 Å². The smallest absolute Gasteiger partial charge is 0.325 e. The maximum atomic E-state index is 12.4. The van der Waals surface area contributed by atoms with Crippen LogP contribution in [0.25, 0.3) is 0 Å². The molecule has 0 unspecified atom stereocenters. The predicted molar refractivity (Wildman–Crippen MR) is 101 cm³/mol. The molecule has 7 nitrogen and oxygen atoms in total. The molecule has 1 amide bonds. The number of H-pyrrole nitrogens is 2. The van der Waals surface area contributed by atoms with Crippen LogP contribution < -0.4 is 11.2 Å². The van der Waals surface area contributed by atoms with Crippen LogP contribution in [0.3, 0.4) is 0 Å². The quantitative estimate of drug-likeness (QED) is 0.699. The molecule has 0 spiro atoms. The predicted octanol–water partition coefficient (Wildman–Crippen LogP) is 0.838. The number of piperidine rings is 1. The van der Waals surface area contributed by atoms with E-state index in [2.05, 4.69) is 22.1 Å². The molecule has 1 fully saturated rings. The number of nitrogens with one attached hydrogen (secondary N) is 2. The Kier molecular flexibility index (Phi) is 6.24. The molecule has 144 valence electrons. The van der Waals surface area contributed by atoms with Gasteiger partial charge in [0.25, 0.3) is 5.56 Å². The number of aryl methyl sites for hydroxylation is 1. The summed E-state index contributed by atoms with van der Waals surface area (Å²) < 4.78 is 0. The van der Waals surface area contributed by atoms with E-state index in [-0.39, 0.29) is 29.9 Å². The van der Waals surface area contributed by atoms with Crippen molar-refractivity contribution < 1.29 is 9.90 Å². The highest BCUT2D eigenvalue weighted by atomic mass is 16.3. The van der Waals surface area contributed by atoms with Gasteiger partial charge >= 0.3 is 5.69 Å². The van der Waals surface area contributed by atoms with Crippen molar-refractivity contribution in [2.75, 3.05) is 13.1 Å². The largest absolute Gasteiger partial charge is 0.393 e. The summed E-state index contributed by atoms with van der Waals surface area (Å²) in [5.74, 6) is 0.0546. The van der Waals surface area contributed by atoms with Gasteiger partial charge in [-0.1, -0.05) is 30.3 Å². The van der Waals surface area contributed by atoms with Crippen LogP contribution in [0.1, 0.15) is 30.4 Å². The lowest BCUT2D eigenvalue weighted by Crippen LogP contribution is -2.42. The number of rotatable bonds is 6. The number of hydrogen-bond donors (Lipinski definition) is 3. The molecule has 3 N–H and O–H groups in total. The molecule has 7 heteroatoms. The Hall–Kier alpha value is -2.67. The molecule has 1 aromatic carbocycles. The number of amides is 1. The molecule has 1 atom stereocenters. The number of carbonyl (C=O) groups excluding carboxylic acids is 1. The SMILES string of the molecule is O=C(Cc1c[nH]c(=O)[nH]c1=O)N1CCC([C@@H](O)CCc2ccccc2)CC1. The Morgan fingerprint density at radius 1 is 1.19 bits per heavy atom. The first-order valence-electron chi connectivity index (χ1n) is 9.33. The van der Waals surface area contributed by atoms with Gasteiger partial charge in [0, 0.05) is 24.8 Å². The van der Waals surface area contributed by atoms with Gasteiger partial charge < -0.3 is 15.0 Å². The number of carbonyl (C=O) groups is 1. The van der Waals surface area contributed by atoms with Crippen LogP contribution in [0.15, 0.2) is 46.1 Å². The summed E-state index contributed by atoms with van der Waals surface area (Å²) in [6.45, 7) is 1.15. The summed E-state index contributed by atoms with van der Waals surface area (Å²) in [5, 5.41) is 10.5. The van der Waals surface area contributed by atoms with Crippen LogP contribution in [0.2, 0.25) is 0 Å². The number of aliphatic hydroxyl groups is 1. The van der Waals surface area contributed by atoms with Gasteiger partial charge in [-0.15, -0.1) is 0 Å². The van der Waals surface area contributed by atoms with Crippen molar-refractivity contribution in [2.45, 2.75) is 38.2 Å². The normalized spacial score (nSPS) is 16.3. The zero-order valence-corrected chi connectivity index (χ0v) is 15.2. The molecule has 3 rings (SSSR count). The minimum Gasteiger partial charge on any atom is -0.393 e. The molecular formula is C20H25N3O4. The number of nitrogens with zero attached hydrogens (tertiary/aromatic N) is 1. The fraction of sp³-hybridized carbons (Fsp3) is 0.450. The summed E-state index contributed by atoms with van der Waals surface area (Å²) in [7, 11) is 0. The maximum Gasteiger partial charge on any atom is 0.325 e. The molecule has 0 saturated carbocycles. The topological polar surface area (TPSA) is 106 Å². The van der Waals surface area contributed by atoms with Gasteiger partial charge in [-0.05, 0) is 37.2 Å². The standard InChI is InChI=1S/C20H25N3O4/c24-17(7-6-14-4-2-1-3-5-14)15-8-10-23(11-9-15)18(25)12-16-13-21-20(27)22-19(16)26/h1-5,13,15,17,24H,6-12H2,(H2,21,22,26,27)/t17-/m0/s1. The third kappa shape index (κ3) is 5.17. The molecule has 1 aromatic heterocycles. The monoisotopic (exact) mass is 371 g/mol. The number of aromatic nitrogens is 2. The Balaban J connectivity index is 1.47. The minimum atomic E-state index is -0.582. The second kappa shape index (κ2) is 8.81. The molecule has 0 bridgehead atoms. The summed E-state index contributed by atoms with van der Waals surface area (Å²) in [6.07, 6.45) is 3.95. The summed E-state index contributed by atoms with van der Waals surface area (Å²) in [5.41, 5.74) is 0.361. The van der Waals surface area contributed by atoms with E-state index < -0.39 is 11.2 Å². The highest BCUT2D eigenvalue weighted by Gasteiger charge is 2.27. The van der Waals surface area contributed by atoms with E-state index in [1.807, 2.05) is 18.2 Å². The highest BCUT2D eigenvalue weighted by Crippen LogP contribution is 2.24. The van der Waals surface area contributed by atoms with Gasteiger partial charge in [-0.3, -0.25) is 14.6 Å². The van der Waals surface area contributed by atoms with E-state index >= 15 is 0 Å². The second-order valence-electron chi connectivity index (χ2n) is 7.08. The van der Waals surface area contributed by atoms with Gasteiger partial charge in [0.1, 0.15) is 0 Å². The molecule has 2 aromatic rings. The van der Waals surface area contributed by atoms with E-state index in [9.17, 15) is 19.5 Å². The number of aromatic amines is 2. The van der Waals surface area contributed by atoms with E-state index in [0.29, 0.717) is 13.1 Å². The third-order valence-corrected chi connectivity index (χ3v) is 5.25. The van der Waals surface area contributed by atoms with Crippen LogP contribution in [0, 0.1) is 5.92 Å². The van der Waals surface area contributed by atoms with Crippen molar-refractivity contribution in [3.63, 3.8) is 0 Å². The minimum absolute atomic E-state index is 0.0344. The fourth-order valence-corrected chi connectivity index (χ4v) is 3.57. The van der Waals surface area contributed by atoms with Crippen molar-refractivity contribution in [3.05, 3.63) is 68.5 Å².